The fourth-order valence-electron chi connectivity index (χ4n) is 8.03. The van der Waals surface area contributed by atoms with Crippen molar-refractivity contribution in [2.45, 2.75) is 92.5 Å². The van der Waals surface area contributed by atoms with E-state index in [1.165, 1.54) is 40.2 Å². The third kappa shape index (κ3) is 7.10. The molecule has 1 amide bonds. The van der Waals surface area contributed by atoms with Gasteiger partial charge in [0.15, 0.2) is 5.75 Å². The molecule has 0 unspecified atom stereocenters. The molecule has 57 heavy (non-hydrogen) atoms. The van der Waals surface area contributed by atoms with Gasteiger partial charge in [0.2, 0.25) is 0 Å². The van der Waals surface area contributed by atoms with Gasteiger partial charge in [-0.15, -0.1) is 0 Å². The van der Waals surface area contributed by atoms with Gasteiger partial charge < -0.3 is 44.7 Å². The fraction of sp³-hybridized carbons (Fsp3) is 0.442. The van der Waals surface area contributed by atoms with E-state index < -0.39 is 77.3 Å². The maximum Gasteiger partial charge on any atom is 0.312 e. The summed E-state index contributed by atoms with van der Waals surface area (Å²) < 4.78 is 25.5. The quantitative estimate of drug-likeness (QED) is 0.115. The number of methoxy groups -OCH3 is 1. The second-order valence-corrected chi connectivity index (χ2v) is 15.6. The Morgan fingerprint density at radius 1 is 0.982 bits per heavy atom. The van der Waals surface area contributed by atoms with Crippen molar-refractivity contribution in [2.75, 3.05) is 12.4 Å². The number of phenols is 2. The third-order valence-electron chi connectivity index (χ3n) is 11.5. The number of anilines is 1. The number of esters is 1. The van der Waals surface area contributed by atoms with Gasteiger partial charge in [-0.05, 0) is 44.5 Å². The number of aliphatic hydroxyl groups excluding tert-OH is 2. The molecule has 4 heterocycles. The van der Waals surface area contributed by atoms with Gasteiger partial charge in [0, 0.05) is 67.3 Å². The monoisotopic (exact) mass is 785 g/mol. The van der Waals surface area contributed by atoms with Crippen LogP contribution in [-0.2, 0) is 23.8 Å². The highest BCUT2D eigenvalue weighted by molar-refractivity contribution is 6.28. The summed E-state index contributed by atoms with van der Waals surface area (Å²) >= 11 is 0. The predicted molar refractivity (Wildman–Crippen MR) is 213 cm³/mol. The van der Waals surface area contributed by atoms with Crippen molar-refractivity contribution < 1.29 is 53.8 Å². The average molecular weight is 786 g/mol. The van der Waals surface area contributed by atoms with Crippen LogP contribution in [0.2, 0.25) is 0 Å². The van der Waals surface area contributed by atoms with Gasteiger partial charge in [0.05, 0.1) is 35.5 Å². The Morgan fingerprint density at radius 3 is 2.35 bits per heavy atom. The number of ketones is 1. The zero-order valence-electron chi connectivity index (χ0n) is 33.8. The average Bonchev–Trinajstić information content (AvgIpc) is 3.67. The second kappa shape index (κ2) is 15.5. The number of ether oxygens (including phenoxy) is 4. The predicted octanol–water partition coefficient (Wildman–Crippen LogP) is 6.16. The highest BCUT2D eigenvalue weighted by Gasteiger charge is 2.50. The Labute approximate surface area is 330 Å². The van der Waals surface area contributed by atoms with Crippen LogP contribution in [0.1, 0.15) is 70.0 Å². The summed E-state index contributed by atoms with van der Waals surface area (Å²) in [4.78, 5) is 45.6. The number of allylic oxidation sites excluding steroid dienone is 2. The molecule has 0 radical (unpaired) electrons. The summed E-state index contributed by atoms with van der Waals surface area (Å²) in [6, 6.07) is 3.64. The van der Waals surface area contributed by atoms with Crippen molar-refractivity contribution in [1.29, 1.82) is 0 Å². The fourth-order valence-corrected chi connectivity index (χ4v) is 8.03. The van der Waals surface area contributed by atoms with E-state index in [2.05, 4.69) is 5.32 Å². The number of carbonyl (C=O) groups is 3. The number of hydrogen-bond donors (Lipinski definition) is 5. The lowest BCUT2D eigenvalue weighted by Gasteiger charge is -2.38. The van der Waals surface area contributed by atoms with Crippen LogP contribution < -0.4 is 10.1 Å². The molecule has 0 aliphatic carbocycles. The van der Waals surface area contributed by atoms with E-state index >= 15 is 0 Å². The van der Waals surface area contributed by atoms with E-state index in [4.69, 9.17) is 23.9 Å². The molecule has 4 bridgehead atoms. The van der Waals surface area contributed by atoms with Gasteiger partial charge >= 0.3 is 11.8 Å². The molecule has 2 aromatic carbocycles. The number of hydrogen-bond acceptors (Lipinski definition) is 12. The summed E-state index contributed by atoms with van der Waals surface area (Å²) in [6.45, 7) is 14.7. The van der Waals surface area contributed by atoms with E-state index in [-0.39, 0.29) is 55.7 Å². The van der Waals surface area contributed by atoms with E-state index in [1.54, 1.807) is 63.4 Å². The number of aromatic hydroxyl groups is 2. The standard InChI is InChI=1S/C43H51N3O11/c1-19-14-16-46-28(18-19)44-32-29-30-37(50)25(7)40-31(29)41(52)43(9,57-40)55-17-15-27(54-10)22(4)39(56-26(8)47)24(6)36(49)23(5)35(48)20(2)12-11-13-21(3)42(53)45-33(34(32)46)38(30)51/h11-18,20,22-24,27,35-36,39,48-51H,1-10H3,(H,45,53)/b12-11+,17-15+,21-13-/t20-,22+,23-,24-,27+,35-,36-,39-,43-/m0/s1. The van der Waals surface area contributed by atoms with Gasteiger partial charge in [-0.25, -0.2) is 4.98 Å². The molecule has 0 saturated carbocycles. The molecule has 0 saturated heterocycles. The summed E-state index contributed by atoms with van der Waals surface area (Å²) in [6.07, 6.45) is 5.62. The molecule has 14 heteroatoms. The molecule has 0 fully saturated rings. The maximum atomic E-state index is 14.6. The highest BCUT2D eigenvalue weighted by Crippen LogP contribution is 2.54. The molecule has 2 aromatic heterocycles. The van der Waals surface area contributed by atoms with E-state index in [0.717, 1.165) is 5.56 Å². The van der Waals surface area contributed by atoms with Crippen LogP contribution in [0.25, 0.3) is 27.5 Å². The maximum absolute atomic E-state index is 14.6. The number of phenolic OH excluding ortho intramolecular Hbond substituents is 2. The number of nitrogens with zero attached hydrogens (tertiary/aromatic N) is 2. The molecule has 14 nitrogen and oxygen atoms in total. The Hall–Kier alpha value is -5.44. The number of carbonyl (C=O) groups excluding carboxylic acids is 3. The number of aliphatic hydroxyl groups is 2. The van der Waals surface area contributed by atoms with Crippen molar-refractivity contribution in [3.8, 4) is 17.2 Å². The van der Waals surface area contributed by atoms with Gasteiger partial charge in [0.1, 0.15) is 40.0 Å². The first kappa shape index (κ1) is 41.2. The Morgan fingerprint density at radius 2 is 1.68 bits per heavy atom. The molecule has 9 atom stereocenters. The van der Waals surface area contributed by atoms with Crippen molar-refractivity contribution in [2.24, 2.45) is 23.7 Å². The third-order valence-corrected chi connectivity index (χ3v) is 11.5. The lowest BCUT2D eigenvalue weighted by Crippen LogP contribution is -2.46. The smallest absolute Gasteiger partial charge is 0.312 e. The molecule has 6 rings (SSSR count). The zero-order chi connectivity index (χ0) is 41.8. The summed E-state index contributed by atoms with van der Waals surface area (Å²) in [5.41, 5.74) is 2.18. The van der Waals surface area contributed by atoms with E-state index in [0.29, 0.717) is 5.65 Å². The molecular formula is C43H51N3O11. The Balaban J connectivity index is 1.58. The van der Waals surface area contributed by atoms with Crippen LogP contribution in [0.15, 0.2) is 54.5 Å². The van der Waals surface area contributed by atoms with Crippen molar-refractivity contribution in [3.05, 3.63) is 71.2 Å². The van der Waals surface area contributed by atoms with Crippen LogP contribution in [-0.4, -0.2) is 84.8 Å². The molecule has 5 N–H and O–H groups in total. The number of benzene rings is 2. The number of amides is 1. The topological polar surface area (TPSA) is 198 Å². The minimum Gasteiger partial charge on any atom is -0.507 e. The molecule has 0 spiro atoms. The van der Waals surface area contributed by atoms with Crippen LogP contribution in [0.3, 0.4) is 0 Å². The number of Topliss-reactive ketones (excluding diaryl/α,β-unsaturated/α-hetero) is 1. The second-order valence-electron chi connectivity index (χ2n) is 15.6. The number of fused-ring (bicyclic) bond motifs is 2. The van der Waals surface area contributed by atoms with Gasteiger partial charge in [0.25, 0.3) is 11.7 Å². The molecule has 4 aromatic rings. The summed E-state index contributed by atoms with van der Waals surface area (Å²) in [5, 5.41) is 49.4. The van der Waals surface area contributed by atoms with Gasteiger partial charge in [-0.3, -0.25) is 18.8 Å². The number of aryl methyl sites for hydroxylation is 1. The number of rotatable bonds is 2. The van der Waals surface area contributed by atoms with Crippen LogP contribution in [0, 0.1) is 37.5 Å². The normalized spacial score (nSPS) is 30.8. The van der Waals surface area contributed by atoms with Crippen molar-refractivity contribution in [3.63, 3.8) is 0 Å². The number of imidazole rings is 1. The Kier molecular flexibility index (Phi) is 11.2. The lowest BCUT2D eigenvalue weighted by molar-refractivity contribution is -0.160. The molecule has 2 aliphatic heterocycles. The number of pyridine rings is 1. The molecule has 304 valence electrons. The SMILES string of the molecule is CO[C@@H]1/C=C/O[C@@]2(C)Oc3c(C)c(O)c4c(O)c(c5c(nc6cc(C)ccn65)c4c3C2=O)NC(=O)/C(C)=C\C=C\[C@H](C)[C@H](O)[C@H](C)[C@H](O)[C@H](C)[C@@H](OC(C)=O)[C@@H]1C. The van der Waals surface area contributed by atoms with Crippen LogP contribution in [0.5, 0.6) is 17.2 Å². The minimum atomic E-state index is -1.96. The van der Waals surface area contributed by atoms with E-state index in [9.17, 15) is 34.8 Å². The molecular weight excluding hydrogens is 734 g/mol. The number of aromatic nitrogens is 2. The number of nitrogens with one attached hydrogen (secondary N) is 1. The summed E-state index contributed by atoms with van der Waals surface area (Å²) in [7, 11) is 1.46. The first-order valence-corrected chi connectivity index (χ1v) is 19.0. The highest BCUT2D eigenvalue weighted by atomic mass is 16.7. The first-order valence-electron chi connectivity index (χ1n) is 19.0. The van der Waals surface area contributed by atoms with Crippen LogP contribution >= 0.6 is 0 Å². The van der Waals surface area contributed by atoms with E-state index in [1.807, 2.05) is 19.1 Å². The van der Waals surface area contributed by atoms with Gasteiger partial charge in [-0.1, -0.05) is 45.9 Å². The largest absolute Gasteiger partial charge is 0.507 e. The van der Waals surface area contributed by atoms with Crippen molar-refractivity contribution >= 4 is 50.8 Å². The zero-order valence-corrected chi connectivity index (χ0v) is 33.8. The molecule has 2 aliphatic rings. The van der Waals surface area contributed by atoms with Gasteiger partial charge in [-0.2, -0.15) is 0 Å². The minimum absolute atomic E-state index is 0.0185. The first-order chi connectivity index (χ1) is 26.8. The van der Waals surface area contributed by atoms with Crippen molar-refractivity contribution in [1.82, 2.24) is 9.38 Å². The van der Waals surface area contributed by atoms with Crippen LogP contribution in [0.4, 0.5) is 5.69 Å². The summed E-state index contributed by atoms with van der Waals surface area (Å²) in [5.74, 6) is -6.96. The Bertz CT molecular complexity index is 2380. The lowest BCUT2D eigenvalue weighted by atomic mass is 9.78.